The molecule has 0 aliphatic rings. The lowest BCUT2D eigenvalue weighted by atomic mass is 10.3. The Morgan fingerprint density at radius 1 is 1.26 bits per heavy atom. The zero-order valence-electron chi connectivity index (χ0n) is 9.89. The number of anilines is 1. The normalized spacial score (nSPS) is 11.1. The number of halogens is 1. The average molecular weight is 295 g/mol. The van der Waals surface area contributed by atoms with E-state index >= 15 is 0 Å². The number of nitrogens with zero attached hydrogens (tertiary/aromatic N) is 1. The number of rotatable bonds is 4. The van der Waals surface area contributed by atoms with Gasteiger partial charge in [0.25, 0.3) is 0 Å². The van der Waals surface area contributed by atoms with Crippen LogP contribution in [-0.4, -0.2) is 10.1 Å². The summed E-state index contributed by atoms with van der Waals surface area (Å²) in [6, 6.07) is 7.39. The van der Waals surface area contributed by atoms with Crippen molar-refractivity contribution < 1.29 is 9.52 Å². The molecule has 0 saturated heterocycles. The Labute approximate surface area is 118 Å². The summed E-state index contributed by atoms with van der Waals surface area (Å²) in [5.74, 6) is 1.29. The number of furan rings is 1. The van der Waals surface area contributed by atoms with Crippen LogP contribution in [0, 0.1) is 0 Å². The molecule has 1 aromatic carbocycles. The second-order valence-corrected chi connectivity index (χ2v) is 5.29. The molecule has 2 N–H and O–H groups in total. The lowest BCUT2D eigenvalue weighted by molar-refractivity contribution is 0.244. The number of aliphatic hydroxyl groups is 1. The maximum atomic E-state index is 8.95. The predicted octanol–water partition coefficient (Wildman–Crippen LogP) is 3.65. The number of fused-ring (bicyclic) bond motifs is 1. The van der Waals surface area contributed by atoms with Crippen molar-refractivity contribution in [1.82, 2.24) is 4.98 Å². The molecule has 0 fully saturated rings. The monoisotopic (exact) mass is 294 g/mol. The van der Waals surface area contributed by atoms with Crippen molar-refractivity contribution >= 4 is 38.8 Å². The largest absolute Gasteiger partial charge is 0.462 e. The smallest absolute Gasteiger partial charge is 0.129 e. The van der Waals surface area contributed by atoms with E-state index in [1.807, 2.05) is 18.2 Å². The van der Waals surface area contributed by atoms with Crippen LogP contribution in [0.15, 0.2) is 34.2 Å². The molecule has 19 heavy (non-hydrogen) atoms. The van der Waals surface area contributed by atoms with Crippen molar-refractivity contribution in [1.29, 1.82) is 0 Å². The maximum absolute atomic E-state index is 8.95. The molecule has 0 amide bonds. The molecule has 0 spiro atoms. The van der Waals surface area contributed by atoms with Gasteiger partial charge in [0.05, 0.1) is 27.5 Å². The minimum absolute atomic E-state index is 0.0948. The van der Waals surface area contributed by atoms with Crippen LogP contribution in [-0.2, 0) is 13.2 Å². The van der Waals surface area contributed by atoms with E-state index in [2.05, 4.69) is 10.3 Å². The van der Waals surface area contributed by atoms with Crippen molar-refractivity contribution in [2.24, 2.45) is 0 Å². The van der Waals surface area contributed by atoms with Crippen molar-refractivity contribution in [3.63, 3.8) is 0 Å². The van der Waals surface area contributed by atoms with E-state index in [0.717, 1.165) is 21.7 Å². The lowest BCUT2D eigenvalue weighted by Crippen LogP contribution is -1.99. The number of nitrogens with one attached hydrogen (secondary N) is 1. The molecule has 0 bridgehead atoms. The van der Waals surface area contributed by atoms with Gasteiger partial charge in [-0.2, -0.15) is 0 Å². The number of benzene rings is 1. The second kappa shape index (κ2) is 5.21. The highest BCUT2D eigenvalue weighted by Gasteiger charge is 2.09. The van der Waals surface area contributed by atoms with E-state index < -0.39 is 0 Å². The molecule has 4 nitrogen and oxygen atoms in total. The van der Waals surface area contributed by atoms with Gasteiger partial charge in [-0.05, 0) is 24.3 Å². The molecule has 2 aromatic heterocycles. The first-order valence-electron chi connectivity index (χ1n) is 5.72. The fourth-order valence-electron chi connectivity index (χ4n) is 1.85. The molecular formula is C13H11ClN2O2S. The third kappa shape index (κ3) is 2.45. The highest BCUT2D eigenvalue weighted by Crippen LogP contribution is 2.32. The van der Waals surface area contributed by atoms with E-state index in [1.54, 1.807) is 22.9 Å². The van der Waals surface area contributed by atoms with Crippen LogP contribution in [0.4, 0.5) is 5.69 Å². The third-order valence-corrected chi connectivity index (χ3v) is 3.87. The Hall–Kier alpha value is -1.56. The molecule has 0 saturated carbocycles. The summed E-state index contributed by atoms with van der Waals surface area (Å²) in [7, 11) is 0. The van der Waals surface area contributed by atoms with Gasteiger partial charge in [0, 0.05) is 0 Å². The Morgan fingerprint density at radius 2 is 2.11 bits per heavy atom. The zero-order chi connectivity index (χ0) is 13.2. The van der Waals surface area contributed by atoms with E-state index in [-0.39, 0.29) is 6.61 Å². The summed E-state index contributed by atoms with van der Waals surface area (Å²) in [6.07, 6.45) is 0. The second-order valence-electron chi connectivity index (χ2n) is 4.00. The predicted molar refractivity (Wildman–Crippen MR) is 76.6 cm³/mol. The van der Waals surface area contributed by atoms with Gasteiger partial charge in [-0.25, -0.2) is 4.98 Å². The third-order valence-electron chi connectivity index (χ3n) is 2.76. The van der Waals surface area contributed by atoms with Crippen molar-refractivity contribution in [3.05, 3.63) is 46.3 Å². The topological polar surface area (TPSA) is 58.3 Å². The minimum Gasteiger partial charge on any atom is -0.462 e. The summed E-state index contributed by atoms with van der Waals surface area (Å²) in [5.41, 5.74) is 3.47. The number of thiazole rings is 1. The Bertz CT molecular complexity index is 708. The zero-order valence-corrected chi connectivity index (χ0v) is 11.5. The first-order valence-corrected chi connectivity index (χ1v) is 6.97. The van der Waals surface area contributed by atoms with Gasteiger partial charge in [-0.1, -0.05) is 11.6 Å². The van der Waals surface area contributed by atoms with Crippen LogP contribution in [0.1, 0.15) is 11.5 Å². The number of hydrogen-bond acceptors (Lipinski definition) is 5. The van der Waals surface area contributed by atoms with Gasteiger partial charge in [-0.15, -0.1) is 11.3 Å². The summed E-state index contributed by atoms with van der Waals surface area (Å²) < 4.78 is 6.50. The van der Waals surface area contributed by atoms with Crippen LogP contribution in [0.2, 0.25) is 5.02 Å². The van der Waals surface area contributed by atoms with E-state index in [9.17, 15) is 0 Å². The van der Waals surface area contributed by atoms with Gasteiger partial charge >= 0.3 is 0 Å². The van der Waals surface area contributed by atoms with E-state index in [0.29, 0.717) is 17.3 Å². The first kappa shape index (κ1) is 12.5. The molecule has 3 rings (SSSR count). The van der Waals surface area contributed by atoms with Gasteiger partial charge in [0.1, 0.15) is 23.6 Å². The SMILES string of the molecule is OCc1ccc(CNc2c(Cl)ccc3scnc23)o1. The molecule has 0 atom stereocenters. The fourth-order valence-corrected chi connectivity index (χ4v) is 2.76. The minimum atomic E-state index is -0.0948. The Kier molecular flexibility index (Phi) is 3.42. The van der Waals surface area contributed by atoms with Crippen LogP contribution in [0.5, 0.6) is 0 Å². The molecule has 0 unspecified atom stereocenters. The van der Waals surface area contributed by atoms with Gasteiger partial charge < -0.3 is 14.8 Å². The molecule has 98 valence electrons. The lowest BCUT2D eigenvalue weighted by Gasteiger charge is -2.07. The number of aromatic nitrogens is 1. The van der Waals surface area contributed by atoms with Gasteiger partial charge in [0.15, 0.2) is 0 Å². The van der Waals surface area contributed by atoms with Crippen LogP contribution in [0.3, 0.4) is 0 Å². The number of aliphatic hydroxyl groups excluding tert-OH is 1. The maximum Gasteiger partial charge on any atom is 0.129 e. The molecule has 6 heteroatoms. The molecule has 2 heterocycles. The van der Waals surface area contributed by atoms with Crippen molar-refractivity contribution in [2.75, 3.05) is 5.32 Å². The summed E-state index contributed by atoms with van der Waals surface area (Å²) in [5, 5.41) is 12.8. The van der Waals surface area contributed by atoms with E-state index in [1.165, 1.54) is 0 Å². The molecular weight excluding hydrogens is 284 g/mol. The fraction of sp³-hybridized carbons (Fsp3) is 0.154. The molecule has 0 aliphatic carbocycles. The number of hydrogen-bond donors (Lipinski definition) is 2. The summed E-state index contributed by atoms with van der Waals surface area (Å²) >= 11 is 7.76. The Balaban J connectivity index is 1.84. The average Bonchev–Trinajstić information content (AvgIpc) is 3.05. The molecule has 3 aromatic rings. The standard InChI is InChI=1S/C13H11ClN2O2S/c14-10-3-4-11-13(16-7-19-11)12(10)15-5-8-1-2-9(6-17)18-8/h1-4,7,15,17H,5-6H2. The summed E-state index contributed by atoms with van der Waals surface area (Å²) in [4.78, 5) is 4.31. The van der Waals surface area contributed by atoms with Crippen LogP contribution in [0.25, 0.3) is 10.2 Å². The van der Waals surface area contributed by atoms with Crippen LogP contribution >= 0.6 is 22.9 Å². The van der Waals surface area contributed by atoms with Gasteiger partial charge in [0.2, 0.25) is 0 Å². The van der Waals surface area contributed by atoms with Crippen molar-refractivity contribution in [3.8, 4) is 0 Å². The highest BCUT2D eigenvalue weighted by molar-refractivity contribution is 7.16. The summed E-state index contributed by atoms with van der Waals surface area (Å²) in [6.45, 7) is 0.402. The van der Waals surface area contributed by atoms with Crippen molar-refractivity contribution in [2.45, 2.75) is 13.2 Å². The first-order chi connectivity index (χ1) is 9.28. The van der Waals surface area contributed by atoms with Crippen LogP contribution < -0.4 is 5.32 Å². The highest BCUT2D eigenvalue weighted by atomic mass is 35.5. The van der Waals surface area contributed by atoms with E-state index in [4.69, 9.17) is 21.1 Å². The molecule has 0 aliphatic heterocycles. The quantitative estimate of drug-likeness (QED) is 0.771. The Morgan fingerprint density at radius 3 is 2.89 bits per heavy atom. The van der Waals surface area contributed by atoms with Gasteiger partial charge in [-0.3, -0.25) is 0 Å². The molecule has 0 radical (unpaired) electrons.